The Labute approximate surface area is 205 Å². The number of sulfonamides is 1. The van der Waals surface area contributed by atoms with Gasteiger partial charge in [0.2, 0.25) is 21.8 Å². The fraction of sp³-hybridized carbons (Fsp3) is 0.417. The van der Waals surface area contributed by atoms with Crippen LogP contribution in [0.3, 0.4) is 0 Å². The first-order chi connectivity index (χ1) is 15.9. The number of carbonyl (C=O) groups is 2. The van der Waals surface area contributed by atoms with Crippen LogP contribution in [0, 0.1) is 11.7 Å². The van der Waals surface area contributed by atoms with Gasteiger partial charge in [-0.15, -0.1) is 0 Å². The monoisotopic (exact) mass is 511 g/mol. The molecule has 2 amide bonds. The average molecular weight is 512 g/mol. The van der Waals surface area contributed by atoms with E-state index in [-0.39, 0.29) is 24.1 Å². The molecule has 0 radical (unpaired) electrons. The second-order valence-electron chi connectivity index (χ2n) is 8.42. The molecule has 1 atom stereocenters. The minimum Gasteiger partial charge on any atom is -0.354 e. The lowest BCUT2D eigenvalue weighted by molar-refractivity contribution is -0.140. The Balaban J connectivity index is 2.42. The van der Waals surface area contributed by atoms with Crippen LogP contribution in [-0.4, -0.2) is 50.5 Å². The van der Waals surface area contributed by atoms with Crippen molar-refractivity contribution < 1.29 is 22.4 Å². The number of hydrogen-bond acceptors (Lipinski definition) is 4. The Morgan fingerprint density at radius 3 is 2.24 bits per heavy atom. The third-order valence-corrected chi connectivity index (χ3v) is 6.67. The molecule has 0 saturated carbocycles. The van der Waals surface area contributed by atoms with Crippen molar-refractivity contribution in [2.75, 3.05) is 23.7 Å². The second-order valence-corrected chi connectivity index (χ2v) is 10.7. The van der Waals surface area contributed by atoms with Crippen molar-refractivity contribution in [2.24, 2.45) is 5.92 Å². The van der Waals surface area contributed by atoms with E-state index in [4.69, 9.17) is 11.6 Å². The molecule has 0 aliphatic carbocycles. The quantitative estimate of drug-likeness (QED) is 0.497. The summed E-state index contributed by atoms with van der Waals surface area (Å²) in [6.07, 6.45) is 1.28. The molecule has 7 nitrogen and oxygen atoms in total. The summed E-state index contributed by atoms with van der Waals surface area (Å²) in [4.78, 5) is 27.8. The minimum atomic E-state index is -3.88. The van der Waals surface area contributed by atoms with Gasteiger partial charge in [-0.25, -0.2) is 12.8 Å². The molecule has 0 aliphatic rings. The predicted octanol–water partition coefficient (Wildman–Crippen LogP) is 3.82. The third kappa shape index (κ3) is 7.70. The van der Waals surface area contributed by atoms with Crippen LogP contribution in [0.5, 0.6) is 0 Å². The molecule has 0 spiro atoms. The number of amides is 2. The average Bonchev–Trinajstić information content (AvgIpc) is 2.77. The van der Waals surface area contributed by atoms with Gasteiger partial charge >= 0.3 is 0 Å². The molecule has 0 unspecified atom stereocenters. The highest BCUT2D eigenvalue weighted by Crippen LogP contribution is 2.22. The van der Waals surface area contributed by atoms with Crippen molar-refractivity contribution in [1.29, 1.82) is 0 Å². The molecule has 34 heavy (non-hydrogen) atoms. The molecule has 2 aromatic carbocycles. The van der Waals surface area contributed by atoms with Crippen molar-refractivity contribution in [3.8, 4) is 0 Å². The number of carbonyl (C=O) groups excluding carboxylic acids is 2. The summed E-state index contributed by atoms with van der Waals surface area (Å²) in [7, 11) is -3.88. The van der Waals surface area contributed by atoms with Gasteiger partial charge in [-0.2, -0.15) is 0 Å². The van der Waals surface area contributed by atoms with Crippen LogP contribution in [0.2, 0.25) is 5.02 Å². The van der Waals surface area contributed by atoms with Crippen LogP contribution in [0.25, 0.3) is 0 Å². The molecule has 0 bridgehead atoms. The maximum absolute atomic E-state index is 13.5. The highest BCUT2D eigenvalue weighted by Gasteiger charge is 2.32. The molecule has 0 aliphatic heterocycles. The van der Waals surface area contributed by atoms with E-state index in [9.17, 15) is 22.4 Å². The number of hydrogen-bond donors (Lipinski definition) is 1. The van der Waals surface area contributed by atoms with Gasteiger partial charge in [-0.3, -0.25) is 13.9 Å². The van der Waals surface area contributed by atoms with Crippen molar-refractivity contribution >= 4 is 39.1 Å². The number of rotatable bonds is 11. The van der Waals surface area contributed by atoms with Crippen LogP contribution >= 0.6 is 11.6 Å². The number of nitrogens with zero attached hydrogens (tertiary/aromatic N) is 2. The van der Waals surface area contributed by atoms with Gasteiger partial charge < -0.3 is 10.2 Å². The van der Waals surface area contributed by atoms with Gasteiger partial charge in [-0.1, -0.05) is 50.6 Å². The lowest BCUT2D eigenvalue weighted by atomic mass is 10.1. The van der Waals surface area contributed by atoms with Crippen LogP contribution in [-0.2, 0) is 26.2 Å². The van der Waals surface area contributed by atoms with E-state index in [1.807, 2.05) is 13.8 Å². The molecule has 186 valence electrons. The molecule has 2 rings (SSSR count). The first-order valence-electron chi connectivity index (χ1n) is 11.0. The molecule has 0 saturated heterocycles. The fourth-order valence-electron chi connectivity index (χ4n) is 3.37. The molecule has 2 aromatic rings. The molecular weight excluding hydrogens is 481 g/mol. The van der Waals surface area contributed by atoms with E-state index >= 15 is 0 Å². The van der Waals surface area contributed by atoms with Gasteiger partial charge in [0.25, 0.3) is 0 Å². The zero-order chi connectivity index (χ0) is 25.5. The molecule has 0 aromatic heterocycles. The maximum atomic E-state index is 13.5. The summed E-state index contributed by atoms with van der Waals surface area (Å²) in [6.45, 7) is 5.60. The van der Waals surface area contributed by atoms with Crippen LogP contribution in [0.4, 0.5) is 10.1 Å². The summed E-state index contributed by atoms with van der Waals surface area (Å²) in [5.74, 6) is -1.23. The van der Waals surface area contributed by atoms with Crippen molar-refractivity contribution in [3.05, 3.63) is 64.9 Å². The Morgan fingerprint density at radius 2 is 1.71 bits per heavy atom. The first kappa shape index (κ1) is 27.6. The summed E-state index contributed by atoms with van der Waals surface area (Å²) < 4.78 is 39.3. The molecule has 0 fully saturated rings. The molecular formula is C24H31ClFN3O4S. The molecule has 10 heteroatoms. The number of benzene rings is 2. The minimum absolute atomic E-state index is 0.0210. The summed E-state index contributed by atoms with van der Waals surface area (Å²) in [6, 6.07) is 10.9. The highest BCUT2D eigenvalue weighted by molar-refractivity contribution is 7.92. The summed E-state index contributed by atoms with van der Waals surface area (Å²) in [5.41, 5.74) is 0.771. The Kier molecular flexibility index (Phi) is 9.88. The number of halogens is 2. The van der Waals surface area contributed by atoms with Crippen LogP contribution < -0.4 is 9.62 Å². The number of nitrogens with one attached hydrogen (secondary N) is 1. The smallest absolute Gasteiger partial charge is 0.244 e. The summed E-state index contributed by atoms with van der Waals surface area (Å²) >= 11 is 6.31. The zero-order valence-corrected chi connectivity index (χ0v) is 21.4. The zero-order valence-electron chi connectivity index (χ0n) is 19.8. The van der Waals surface area contributed by atoms with Gasteiger partial charge in [0.1, 0.15) is 18.4 Å². The van der Waals surface area contributed by atoms with E-state index in [1.165, 1.54) is 17.0 Å². The first-order valence-corrected chi connectivity index (χ1v) is 13.2. The highest BCUT2D eigenvalue weighted by atomic mass is 35.5. The Bertz CT molecular complexity index is 1090. The van der Waals surface area contributed by atoms with Crippen molar-refractivity contribution in [3.63, 3.8) is 0 Å². The SMILES string of the molecule is CC[C@H](C(=O)NCC(C)C)N(Cc1ccccc1Cl)C(=O)CN(c1ccc(F)cc1)S(C)(=O)=O. The molecule has 0 heterocycles. The van der Waals surface area contributed by atoms with E-state index < -0.39 is 34.3 Å². The standard InChI is InChI=1S/C24H31ClFN3O4S/c1-5-22(24(31)27-14-17(2)3)28(15-18-8-6-7-9-21(18)25)23(30)16-29(34(4,32)33)20-12-10-19(26)11-13-20/h6-13,17,22H,5,14-16H2,1-4H3,(H,27,31)/t22-/m1/s1. The van der Waals surface area contributed by atoms with Crippen LogP contribution in [0.1, 0.15) is 32.8 Å². The van der Waals surface area contributed by atoms with E-state index in [2.05, 4.69) is 5.32 Å². The van der Waals surface area contributed by atoms with Crippen molar-refractivity contribution in [2.45, 2.75) is 39.8 Å². The van der Waals surface area contributed by atoms with E-state index in [0.29, 0.717) is 23.6 Å². The fourth-order valence-corrected chi connectivity index (χ4v) is 4.42. The predicted molar refractivity (Wildman–Crippen MR) is 133 cm³/mol. The van der Waals surface area contributed by atoms with E-state index in [1.54, 1.807) is 31.2 Å². The van der Waals surface area contributed by atoms with Gasteiger partial charge in [0, 0.05) is 18.1 Å². The second kappa shape index (κ2) is 12.2. The lowest BCUT2D eigenvalue weighted by Gasteiger charge is -2.33. The largest absolute Gasteiger partial charge is 0.354 e. The normalized spacial score (nSPS) is 12.3. The number of anilines is 1. The van der Waals surface area contributed by atoms with Crippen LogP contribution in [0.15, 0.2) is 48.5 Å². The molecule has 1 N–H and O–H groups in total. The third-order valence-electron chi connectivity index (χ3n) is 5.16. The maximum Gasteiger partial charge on any atom is 0.244 e. The van der Waals surface area contributed by atoms with E-state index in [0.717, 1.165) is 22.7 Å². The van der Waals surface area contributed by atoms with Crippen molar-refractivity contribution in [1.82, 2.24) is 10.2 Å². The Hall–Kier alpha value is -2.65. The Morgan fingerprint density at radius 1 is 1.09 bits per heavy atom. The lowest BCUT2D eigenvalue weighted by Crippen LogP contribution is -2.52. The van der Waals surface area contributed by atoms with Gasteiger partial charge in [0.05, 0.1) is 11.9 Å². The van der Waals surface area contributed by atoms with Gasteiger partial charge in [-0.05, 0) is 48.2 Å². The van der Waals surface area contributed by atoms with Gasteiger partial charge in [0.15, 0.2) is 0 Å². The topological polar surface area (TPSA) is 86.8 Å². The summed E-state index contributed by atoms with van der Waals surface area (Å²) in [5, 5.41) is 3.28.